The molecule has 2 fully saturated rings. The fraction of sp³-hybridized carbons (Fsp3) is 0.400. The minimum absolute atomic E-state index is 0.244. The number of imide groups is 1. The maximum atomic E-state index is 13.6. The molecule has 0 bridgehead atoms. The highest BCUT2D eigenvalue weighted by Crippen LogP contribution is 2.22. The van der Waals surface area contributed by atoms with Gasteiger partial charge in [0.1, 0.15) is 5.82 Å². The number of rotatable bonds is 2. The highest BCUT2D eigenvalue weighted by atomic mass is 19.1. The van der Waals surface area contributed by atoms with Gasteiger partial charge in [0.15, 0.2) is 6.61 Å². The number of cyclic esters (lactones) is 1. The average molecular weight is 306 g/mol. The first kappa shape index (κ1) is 14.5. The summed E-state index contributed by atoms with van der Waals surface area (Å²) in [5, 5.41) is 0. The Kier molecular flexibility index (Phi) is 3.56. The number of likely N-dealkylation sites (tertiary alicyclic amines) is 1. The molecule has 1 atom stereocenters. The largest absolute Gasteiger partial charge is 0.439 e. The van der Waals surface area contributed by atoms with Gasteiger partial charge in [-0.15, -0.1) is 0 Å². The van der Waals surface area contributed by atoms with Gasteiger partial charge in [-0.1, -0.05) is 6.07 Å². The number of halogens is 1. The van der Waals surface area contributed by atoms with Crippen molar-refractivity contribution in [3.05, 3.63) is 35.1 Å². The summed E-state index contributed by atoms with van der Waals surface area (Å²) in [5.41, 5.74) is 0.736. The van der Waals surface area contributed by atoms with Crippen LogP contribution < -0.4 is 0 Å². The predicted octanol–water partition coefficient (Wildman–Crippen LogP) is 1.33. The fourth-order valence-corrected chi connectivity index (χ4v) is 2.76. The Morgan fingerprint density at radius 3 is 2.77 bits per heavy atom. The van der Waals surface area contributed by atoms with Gasteiger partial charge in [-0.25, -0.2) is 14.1 Å². The zero-order valence-electron chi connectivity index (χ0n) is 12.0. The van der Waals surface area contributed by atoms with Gasteiger partial charge in [0, 0.05) is 18.7 Å². The van der Waals surface area contributed by atoms with Crippen molar-refractivity contribution in [2.24, 2.45) is 0 Å². The van der Waals surface area contributed by atoms with E-state index in [1.54, 1.807) is 19.1 Å². The number of benzene rings is 1. The monoisotopic (exact) mass is 306 g/mol. The molecule has 2 heterocycles. The molecule has 0 spiro atoms. The third-order valence-electron chi connectivity index (χ3n) is 4.02. The second-order valence-corrected chi connectivity index (χ2v) is 5.48. The van der Waals surface area contributed by atoms with Crippen LogP contribution in [0.1, 0.15) is 22.3 Å². The summed E-state index contributed by atoms with van der Waals surface area (Å²) in [6, 6.07) is 3.96. The quantitative estimate of drug-likeness (QED) is 0.826. The lowest BCUT2D eigenvalue weighted by Gasteiger charge is -2.20. The van der Waals surface area contributed by atoms with E-state index in [0.717, 1.165) is 4.90 Å². The molecule has 6 nitrogen and oxygen atoms in total. The molecule has 0 aliphatic carbocycles. The molecule has 3 rings (SSSR count). The third kappa shape index (κ3) is 2.43. The molecule has 1 aromatic rings. The smallest absolute Gasteiger partial charge is 0.417 e. The summed E-state index contributed by atoms with van der Waals surface area (Å²) in [5.74, 6) is -1.12. The first-order valence-electron chi connectivity index (χ1n) is 7.01. The molecule has 0 N–H and O–H groups in total. The number of carbonyl (C=O) groups excluding carboxylic acids is 3. The zero-order valence-corrected chi connectivity index (χ0v) is 12.0. The topological polar surface area (TPSA) is 66.9 Å². The molecule has 2 aliphatic rings. The molecule has 0 saturated carbocycles. The Morgan fingerprint density at radius 1 is 1.36 bits per heavy atom. The Balaban J connectivity index is 1.72. The van der Waals surface area contributed by atoms with Crippen molar-refractivity contribution in [1.29, 1.82) is 0 Å². The molecule has 0 aromatic heterocycles. The first-order chi connectivity index (χ1) is 10.5. The normalized spacial score (nSPS) is 21.5. The molecule has 0 radical (unpaired) electrons. The number of hydrogen-bond donors (Lipinski definition) is 0. The van der Waals surface area contributed by atoms with Crippen LogP contribution in [0.2, 0.25) is 0 Å². The summed E-state index contributed by atoms with van der Waals surface area (Å²) >= 11 is 0. The number of amides is 3. The van der Waals surface area contributed by atoms with Gasteiger partial charge in [0.2, 0.25) is 0 Å². The molecule has 2 saturated heterocycles. The highest BCUT2D eigenvalue weighted by Gasteiger charge is 2.41. The number of carbonyl (C=O) groups is 3. The standard InChI is InChI=1S/C15H15FN2O4/c1-9-2-3-10(6-12(9)16)14(20)17-5-4-11(7-17)18-13(19)8-22-15(18)21/h2-3,6,11H,4-5,7-8H2,1H3. The number of aryl methyl sites for hydroxylation is 1. The first-order valence-corrected chi connectivity index (χ1v) is 7.01. The highest BCUT2D eigenvalue weighted by molar-refractivity contribution is 5.98. The van der Waals surface area contributed by atoms with Crippen LogP contribution in [-0.4, -0.2) is 53.4 Å². The van der Waals surface area contributed by atoms with E-state index in [2.05, 4.69) is 4.74 Å². The van der Waals surface area contributed by atoms with E-state index < -0.39 is 11.9 Å². The van der Waals surface area contributed by atoms with Crippen molar-refractivity contribution >= 4 is 17.9 Å². The summed E-state index contributed by atoms with van der Waals surface area (Å²) in [6.45, 7) is 2.04. The summed E-state index contributed by atoms with van der Waals surface area (Å²) in [6.07, 6.45) is -0.160. The Hall–Kier alpha value is -2.44. The van der Waals surface area contributed by atoms with Crippen LogP contribution in [0.15, 0.2) is 18.2 Å². The molecule has 3 amide bonds. The number of hydrogen-bond acceptors (Lipinski definition) is 4. The van der Waals surface area contributed by atoms with Crippen molar-refractivity contribution < 1.29 is 23.5 Å². The van der Waals surface area contributed by atoms with Crippen molar-refractivity contribution in [3.63, 3.8) is 0 Å². The van der Waals surface area contributed by atoms with Crippen LogP contribution in [0.3, 0.4) is 0 Å². The van der Waals surface area contributed by atoms with E-state index in [9.17, 15) is 18.8 Å². The van der Waals surface area contributed by atoms with Crippen molar-refractivity contribution in [2.45, 2.75) is 19.4 Å². The minimum atomic E-state index is -0.661. The van der Waals surface area contributed by atoms with Gasteiger partial charge in [0.05, 0.1) is 6.04 Å². The Morgan fingerprint density at radius 2 is 2.14 bits per heavy atom. The minimum Gasteiger partial charge on any atom is -0.439 e. The van der Waals surface area contributed by atoms with Gasteiger partial charge in [-0.05, 0) is 31.0 Å². The molecular weight excluding hydrogens is 291 g/mol. The van der Waals surface area contributed by atoms with E-state index in [1.165, 1.54) is 11.0 Å². The molecule has 116 valence electrons. The Bertz CT molecular complexity index is 645. The van der Waals surface area contributed by atoms with Gasteiger partial charge in [-0.3, -0.25) is 9.59 Å². The van der Waals surface area contributed by atoms with Crippen molar-refractivity contribution in [1.82, 2.24) is 9.80 Å². The van der Waals surface area contributed by atoms with E-state index in [0.29, 0.717) is 18.5 Å². The molecular formula is C15H15FN2O4. The van der Waals surface area contributed by atoms with E-state index in [1.807, 2.05) is 0 Å². The van der Waals surface area contributed by atoms with E-state index >= 15 is 0 Å². The van der Waals surface area contributed by atoms with Crippen molar-refractivity contribution in [2.75, 3.05) is 19.7 Å². The van der Waals surface area contributed by atoms with Gasteiger partial charge < -0.3 is 9.64 Å². The van der Waals surface area contributed by atoms with Crippen LogP contribution in [0, 0.1) is 12.7 Å². The lowest BCUT2D eigenvalue weighted by molar-refractivity contribution is -0.127. The van der Waals surface area contributed by atoms with Crippen LogP contribution >= 0.6 is 0 Å². The summed E-state index contributed by atoms with van der Waals surface area (Å²) in [7, 11) is 0. The average Bonchev–Trinajstić information content (AvgIpc) is 3.08. The van der Waals surface area contributed by atoms with Crippen molar-refractivity contribution in [3.8, 4) is 0 Å². The van der Waals surface area contributed by atoms with Gasteiger partial charge in [0.25, 0.3) is 11.8 Å². The summed E-state index contributed by atoms with van der Waals surface area (Å²) < 4.78 is 18.3. The van der Waals surface area contributed by atoms with Crippen LogP contribution in [0.25, 0.3) is 0 Å². The third-order valence-corrected chi connectivity index (χ3v) is 4.02. The maximum absolute atomic E-state index is 13.6. The van der Waals surface area contributed by atoms with Crippen LogP contribution in [-0.2, 0) is 9.53 Å². The summed E-state index contributed by atoms with van der Waals surface area (Å²) in [4.78, 5) is 38.1. The van der Waals surface area contributed by atoms with Crippen LogP contribution in [0.4, 0.5) is 9.18 Å². The number of nitrogens with zero attached hydrogens (tertiary/aromatic N) is 2. The zero-order chi connectivity index (χ0) is 15.9. The lowest BCUT2D eigenvalue weighted by atomic mass is 10.1. The second-order valence-electron chi connectivity index (χ2n) is 5.48. The molecule has 1 aromatic carbocycles. The SMILES string of the molecule is Cc1ccc(C(=O)N2CCC(N3C(=O)COC3=O)C2)cc1F. The lowest BCUT2D eigenvalue weighted by Crippen LogP contribution is -2.42. The predicted molar refractivity (Wildman–Crippen MR) is 73.6 cm³/mol. The van der Waals surface area contributed by atoms with Gasteiger partial charge >= 0.3 is 6.09 Å². The molecule has 7 heteroatoms. The Labute approximate surface area is 126 Å². The number of ether oxygens (including phenoxy) is 1. The maximum Gasteiger partial charge on any atom is 0.417 e. The second kappa shape index (κ2) is 5.40. The van der Waals surface area contributed by atoms with Crippen LogP contribution in [0.5, 0.6) is 0 Å². The van der Waals surface area contributed by atoms with E-state index in [4.69, 9.17) is 0 Å². The van der Waals surface area contributed by atoms with Gasteiger partial charge in [-0.2, -0.15) is 0 Å². The fourth-order valence-electron chi connectivity index (χ4n) is 2.76. The molecule has 22 heavy (non-hydrogen) atoms. The van der Waals surface area contributed by atoms with E-state index in [-0.39, 0.29) is 36.6 Å². The molecule has 1 unspecified atom stereocenters. The molecule has 2 aliphatic heterocycles.